The lowest BCUT2D eigenvalue weighted by atomic mass is 10.1. The molecule has 7 heteroatoms. The monoisotopic (exact) mass is 418 g/mol. The molecule has 0 saturated carbocycles. The Morgan fingerprint density at radius 2 is 1.76 bits per heavy atom. The molecule has 29 heavy (non-hydrogen) atoms. The van der Waals surface area contributed by atoms with E-state index in [1.165, 1.54) is 4.31 Å². The minimum absolute atomic E-state index is 0.286. The summed E-state index contributed by atoms with van der Waals surface area (Å²) in [5.74, 6) is 0.422. The van der Waals surface area contributed by atoms with Gasteiger partial charge in [-0.05, 0) is 62.1 Å². The zero-order valence-corrected chi connectivity index (χ0v) is 18.5. The number of carbonyl (C=O) groups is 1. The molecule has 0 bridgehead atoms. The van der Waals surface area contributed by atoms with Crippen molar-refractivity contribution >= 4 is 21.6 Å². The van der Waals surface area contributed by atoms with Gasteiger partial charge in [-0.15, -0.1) is 0 Å². The number of anilines is 1. The summed E-state index contributed by atoms with van der Waals surface area (Å²) < 4.78 is 31.9. The smallest absolute Gasteiger partial charge is 0.244 e. The van der Waals surface area contributed by atoms with Crippen LogP contribution in [0.1, 0.15) is 30.0 Å². The van der Waals surface area contributed by atoms with E-state index in [2.05, 4.69) is 5.32 Å². The zero-order valence-electron chi connectivity index (χ0n) is 17.7. The maximum atomic E-state index is 12.8. The van der Waals surface area contributed by atoms with Crippen LogP contribution >= 0.6 is 0 Å². The summed E-state index contributed by atoms with van der Waals surface area (Å²) >= 11 is 0. The first-order chi connectivity index (χ1) is 13.6. The number of nitrogens with zero attached hydrogens (tertiary/aromatic N) is 1. The molecule has 0 aromatic heterocycles. The number of rotatable bonds is 9. The normalized spacial score (nSPS) is 12.3. The molecule has 0 heterocycles. The van der Waals surface area contributed by atoms with Gasteiger partial charge in [0, 0.05) is 0 Å². The lowest BCUT2D eigenvalue weighted by Crippen LogP contribution is -2.50. The number of nitrogens with one attached hydrogen (secondary N) is 1. The highest BCUT2D eigenvalue weighted by Crippen LogP contribution is 2.25. The number of para-hydroxylation sites is 1. The maximum Gasteiger partial charge on any atom is 0.244 e. The average Bonchev–Trinajstić information content (AvgIpc) is 2.65. The third-order valence-corrected chi connectivity index (χ3v) is 6.01. The van der Waals surface area contributed by atoms with Gasteiger partial charge in [0.25, 0.3) is 0 Å². The molecule has 0 radical (unpaired) electrons. The topological polar surface area (TPSA) is 75.7 Å². The van der Waals surface area contributed by atoms with E-state index in [0.717, 1.165) is 28.7 Å². The summed E-state index contributed by atoms with van der Waals surface area (Å²) in [5, 5.41) is 2.80. The summed E-state index contributed by atoms with van der Waals surface area (Å²) in [6.45, 7) is 8.22. The second-order valence-electron chi connectivity index (χ2n) is 7.16. The van der Waals surface area contributed by atoms with Gasteiger partial charge in [0.05, 0.1) is 18.5 Å². The molecule has 1 atom stereocenters. The number of carbonyl (C=O) groups excluding carboxylic acids is 1. The van der Waals surface area contributed by atoms with Gasteiger partial charge in [-0.2, -0.15) is 0 Å². The van der Waals surface area contributed by atoms with Crippen molar-refractivity contribution < 1.29 is 17.9 Å². The fraction of sp³-hybridized carbons (Fsp3) is 0.409. The number of amides is 1. The fourth-order valence-corrected chi connectivity index (χ4v) is 4.30. The molecule has 0 spiro atoms. The minimum atomic E-state index is -3.64. The zero-order chi connectivity index (χ0) is 21.6. The van der Waals surface area contributed by atoms with E-state index < -0.39 is 16.1 Å². The quantitative estimate of drug-likeness (QED) is 0.634. The molecular formula is C22H30N2O4S. The number of hydrogen-bond acceptors (Lipinski definition) is 4. The lowest BCUT2D eigenvalue weighted by molar-refractivity contribution is -0.122. The largest absolute Gasteiger partial charge is 0.491 e. The second-order valence-corrected chi connectivity index (χ2v) is 9.02. The average molecular weight is 419 g/mol. The molecule has 1 N–H and O–H groups in total. The molecule has 2 aromatic rings. The molecule has 1 unspecified atom stereocenters. The summed E-state index contributed by atoms with van der Waals surface area (Å²) in [6, 6.07) is 12.2. The van der Waals surface area contributed by atoms with Gasteiger partial charge in [-0.3, -0.25) is 9.10 Å². The van der Waals surface area contributed by atoms with E-state index >= 15 is 0 Å². The SMILES string of the molecule is CCC(C(=O)NCCOc1ccccc1C)N(c1ccc(C)c(C)c1)S(C)(=O)=O. The van der Waals surface area contributed by atoms with Crippen molar-refractivity contribution in [1.29, 1.82) is 0 Å². The first kappa shape index (κ1) is 22.7. The third-order valence-electron chi connectivity index (χ3n) is 4.83. The van der Waals surface area contributed by atoms with Crippen LogP contribution in [0.5, 0.6) is 5.75 Å². The summed E-state index contributed by atoms with van der Waals surface area (Å²) in [6.07, 6.45) is 1.48. The van der Waals surface area contributed by atoms with E-state index in [4.69, 9.17) is 4.74 Å². The van der Waals surface area contributed by atoms with Crippen LogP contribution in [0.15, 0.2) is 42.5 Å². The van der Waals surface area contributed by atoms with Gasteiger partial charge in [-0.25, -0.2) is 8.42 Å². The first-order valence-corrected chi connectivity index (χ1v) is 11.5. The molecule has 0 aliphatic rings. The summed E-state index contributed by atoms with van der Waals surface area (Å²) in [5.41, 5.74) is 3.54. The molecule has 0 fully saturated rings. The standard InChI is InChI=1S/C22H30N2O4S/c1-6-20(22(25)23-13-14-28-21-10-8-7-9-17(21)3)24(29(5,26)27)19-12-11-16(2)18(4)15-19/h7-12,15,20H,6,13-14H2,1-5H3,(H,23,25). The number of ether oxygens (including phenoxy) is 1. The van der Waals surface area contributed by atoms with Crippen LogP contribution in [0.25, 0.3) is 0 Å². The molecule has 2 aromatic carbocycles. The van der Waals surface area contributed by atoms with Crippen molar-refractivity contribution in [2.24, 2.45) is 0 Å². The highest BCUT2D eigenvalue weighted by atomic mass is 32.2. The van der Waals surface area contributed by atoms with Crippen molar-refractivity contribution in [3.63, 3.8) is 0 Å². The van der Waals surface area contributed by atoms with Gasteiger partial charge in [0.15, 0.2) is 0 Å². The van der Waals surface area contributed by atoms with Crippen molar-refractivity contribution in [2.45, 2.75) is 40.2 Å². The van der Waals surface area contributed by atoms with Crippen LogP contribution in [0.4, 0.5) is 5.69 Å². The van der Waals surface area contributed by atoms with E-state index in [-0.39, 0.29) is 12.5 Å². The highest BCUT2D eigenvalue weighted by molar-refractivity contribution is 7.92. The van der Waals surface area contributed by atoms with E-state index in [0.29, 0.717) is 18.7 Å². The van der Waals surface area contributed by atoms with E-state index in [1.54, 1.807) is 19.1 Å². The number of aryl methyl sites for hydroxylation is 3. The maximum absolute atomic E-state index is 12.8. The van der Waals surface area contributed by atoms with Crippen LogP contribution in [0.2, 0.25) is 0 Å². The Morgan fingerprint density at radius 1 is 1.07 bits per heavy atom. The van der Waals surface area contributed by atoms with Crippen molar-refractivity contribution in [3.05, 3.63) is 59.2 Å². The van der Waals surface area contributed by atoms with Gasteiger partial charge in [-0.1, -0.05) is 31.2 Å². The lowest BCUT2D eigenvalue weighted by Gasteiger charge is -2.30. The molecule has 158 valence electrons. The molecule has 0 saturated heterocycles. The minimum Gasteiger partial charge on any atom is -0.491 e. The summed E-state index contributed by atoms with van der Waals surface area (Å²) in [4.78, 5) is 12.8. The third kappa shape index (κ3) is 5.97. The Bertz CT molecular complexity index is 957. The van der Waals surface area contributed by atoms with Gasteiger partial charge < -0.3 is 10.1 Å². The van der Waals surface area contributed by atoms with Gasteiger partial charge in [0.1, 0.15) is 18.4 Å². The number of benzene rings is 2. The number of sulfonamides is 1. The Morgan fingerprint density at radius 3 is 2.34 bits per heavy atom. The van der Waals surface area contributed by atoms with Crippen molar-refractivity contribution in [2.75, 3.05) is 23.7 Å². The predicted molar refractivity (Wildman–Crippen MR) is 117 cm³/mol. The first-order valence-electron chi connectivity index (χ1n) is 9.68. The Labute approximate surface area is 173 Å². The fourth-order valence-electron chi connectivity index (χ4n) is 3.09. The molecule has 2 rings (SSSR count). The van der Waals surface area contributed by atoms with Crippen LogP contribution in [0, 0.1) is 20.8 Å². The Hall–Kier alpha value is -2.54. The molecule has 0 aliphatic carbocycles. The molecule has 6 nitrogen and oxygen atoms in total. The van der Waals surface area contributed by atoms with Crippen LogP contribution in [0.3, 0.4) is 0 Å². The molecule has 0 aliphatic heterocycles. The van der Waals surface area contributed by atoms with Crippen LogP contribution < -0.4 is 14.4 Å². The Kier molecular flexibility index (Phi) is 7.67. The summed E-state index contributed by atoms with van der Waals surface area (Å²) in [7, 11) is -3.64. The van der Waals surface area contributed by atoms with Crippen molar-refractivity contribution in [3.8, 4) is 5.75 Å². The highest BCUT2D eigenvalue weighted by Gasteiger charge is 2.31. The van der Waals surface area contributed by atoms with Crippen LogP contribution in [-0.4, -0.2) is 39.8 Å². The second kappa shape index (κ2) is 9.78. The molecule has 1 amide bonds. The predicted octanol–water partition coefficient (Wildman–Crippen LogP) is 3.35. The van der Waals surface area contributed by atoms with Gasteiger partial charge in [0.2, 0.25) is 15.9 Å². The Balaban J connectivity index is 2.10. The van der Waals surface area contributed by atoms with Crippen molar-refractivity contribution in [1.82, 2.24) is 5.32 Å². The van der Waals surface area contributed by atoms with E-state index in [1.807, 2.05) is 51.1 Å². The van der Waals surface area contributed by atoms with E-state index in [9.17, 15) is 13.2 Å². The van der Waals surface area contributed by atoms with Gasteiger partial charge >= 0.3 is 0 Å². The molecular weight excluding hydrogens is 388 g/mol. The number of hydrogen-bond donors (Lipinski definition) is 1. The van der Waals surface area contributed by atoms with Crippen LogP contribution in [-0.2, 0) is 14.8 Å².